The maximum atomic E-state index is 4.62. The van der Waals surface area contributed by atoms with Crippen molar-refractivity contribution in [1.29, 1.82) is 0 Å². The summed E-state index contributed by atoms with van der Waals surface area (Å²) in [5.74, 6) is 1.54. The van der Waals surface area contributed by atoms with Crippen molar-refractivity contribution in [2.24, 2.45) is 0 Å². The highest BCUT2D eigenvalue weighted by molar-refractivity contribution is 5.64. The Morgan fingerprint density at radius 2 is 1.88 bits per heavy atom. The molecule has 1 aliphatic carbocycles. The Bertz CT molecular complexity index is 690. The SMILES string of the molecule is CCN(CC)c1ccc(Nc2nccc(NC3CCCC3)n2)c(C)c1. The molecule has 1 heterocycles. The average molecular weight is 339 g/mol. The van der Waals surface area contributed by atoms with E-state index in [0.717, 1.165) is 24.6 Å². The van der Waals surface area contributed by atoms with Crippen molar-refractivity contribution in [3.63, 3.8) is 0 Å². The third kappa shape index (κ3) is 4.41. The van der Waals surface area contributed by atoms with Crippen LogP contribution >= 0.6 is 0 Å². The topological polar surface area (TPSA) is 53.1 Å². The second kappa shape index (κ2) is 8.19. The molecule has 25 heavy (non-hydrogen) atoms. The van der Waals surface area contributed by atoms with Crippen molar-refractivity contribution in [3.8, 4) is 0 Å². The maximum Gasteiger partial charge on any atom is 0.229 e. The fraction of sp³-hybridized carbons (Fsp3) is 0.500. The minimum absolute atomic E-state index is 0.554. The molecule has 0 radical (unpaired) electrons. The summed E-state index contributed by atoms with van der Waals surface area (Å²) in [6.45, 7) is 8.51. The largest absolute Gasteiger partial charge is 0.372 e. The fourth-order valence-electron chi connectivity index (χ4n) is 3.47. The molecule has 5 heteroatoms. The van der Waals surface area contributed by atoms with Gasteiger partial charge in [0.1, 0.15) is 5.82 Å². The van der Waals surface area contributed by atoms with Crippen molar-refractivity contribution in [1.82, 2.24) is 9.97 Å². The summed E-state index contributed by atoms with van der Waals surface area (Å²) >= 11 is 0. The number of anilines is 4. The van der Waals surface area contributed by atoms with Crippen LogP contribution in [0.25, 0.3) is 0 Å². The van der Waals surface area contributed by atoms with E-state index in [-0.39, 0.29) is 0 Å². The first-order chi connectivity index (χ1) is 12.2. The molecule has 1 aromatic carbocycles. The first-order valence-electron chi connectivity index (χ1n) is 9.41. The molecule has 2 aromatic rings. The first-order valence-corrected chi connectivity index (χ1v) is 9.41. The molecule has 1 fully saturated rings. The Morgan fingerprint density at radius 1 is 1.12 bits per heavy atom. The van der Waals surface area contributed by atoms with Crippen molar-refractivity contribution >= 4 is 23.1 Å². The number of hydrogen-bond acceptors (Lipinski definition) is 5. The van der Waals surface area contributed by atoms with Gasteiger partial charge in [0.05, 0.1) is 0 Å². The van der Waals surface area contributed by atoms with Gasteiger partial charge in [0, 0.05) is 36.7 Å². The summed E-state index contributed by atoms with van der Waals surface area (Å²) < 4.78 is 0. The van der Waals surface area contributed by atoms with Crippen molar-refractivity contribution in [2.75, 3.05) is 28.6 Å². The minimum atomic E-state index is 0.554. The monoisotopic (exact) mass is 339 g/mol. The van der Waals surface area contributed by atoms with Gasteiger partial charge < -0.3 is 15.5 Å². The summed E-state index contributed by atoms with van der Waals surface area (Å²) in [4.78, 5) is 11.3. The zero-order valence-corrected chi connectivity index (χ0v) is 15.5. The van der Waals surface area contributed by atoms with Crippen LogP contribution < -0.4 is 15.5 Å². The second-order valence-corrected chi connectivity index (χ2v) is 6.69. The first kappa shape index (κ1) is 17.5. The molecule has 0 spiro atoms. The van der Waals surface area contributed by atoms with Crippen LogP contribution in [0.5, 0.6) is 0 Å². The molecule has 0 saturated heterocycles. The Hall–Kier alpha value is -2.30. The van der Waals surface area contributed by atoms with E-state index in [1.807, 2.05) is 12.3 Å². The lowest BCUT2D eigenvalue weighted by Crippen LogP contribution is -2.21. The van der Waals surface area contributed by atoms with Crippen LogP contribution in [0.2, 0.25) is 0 Å². The number of rotatable bonds is 7. The molecule has 0 amide bonds. The molecule has 0 aliphatic heterocycles. The second-order valence-electron chi connectivity index (χ2n) is 6.69. The molecule has 3 rings (SSSR count). The van der Waals surface area contributed by atoms with Crippen molar-refractivity contribution in [2.45, 2.75) is 52.5 Å². The Labute approximate surface area is 150 Å². The molecule has 5 nitrogen and oxygen atoms in total. The average Bonchev–Trinajstić information content (AvgIpc) is 3.12. The molecule has 0 atom stereocenters. The van der Waals surface area contributed by atoms with Crippen LogP contribution in [0.4, 0.5) is 23.1 Å². The van der Waals surface area contributed by atoms with Gasteiger partial charge in [-0.15, -0.1) is 0 Å². The number of aromatic nitrogens is 2. The van der Waals surface area contributed by atoms with Gasteiger partial charge in [-0.2, -0.15) is 4.98 Å². The van der Waals surface area contributed by atoms with E-state index in [9.17, 15) is 0 Å². The molecule has 1 aromatic heterocycles. The third-order valence-corrected chi connectivity index (χ3v) is 4.95. The minimum Gasteiger partial charge on any atom is -0.372 e. The Balaban J connectivity index is 1.71. The molecule has 1 aliphatic rings. The van der Waals surface area contributed by atoms with Gasteiger partial charge >= 0.3 is 0 Å². The van der Waals surface area contributed by atoms with E-state index < -0.39 is 0 Å². The van der Waals surface area contributed by atoms with Crippen LogP contribution in [0.3, 0.4) is 0 Å². The van der Waals surface area contributed by atoms with E-state index in [4.69, 9.17) is 0 Å². The van der Waals surface area contributed by atoms with Gasteiger partial charge in [-0.1, -0.05) is 12.8 Å². The zero-order valence-electron chi connectivity index (χ0n) is 15.5. The molecule has 2 N–H and O–H groups in total. The molecular weight excluding hydrogens is 310 g/mol. The number of nitrogens with one attached hydrogen (secondary N) is 2. The van der Waals surface area contributed by atoms with Gasteiger partial charge in [0.15, 0.2) is 0 Å². The standard InChI is InChI=1S/C20H29N5/c1-4-25(5-2)17-10-11-18(15(3)14-17)23-20-21-13-12-19(24-20)22-16-8-6-7-9-16/h10-14,16H,4-9H2,1-3H3,(H2,21,22,23,24). The number of hydrogen-bond donors (Lipinski definition) is 2. The van der Waals surface area contributed by atoms with Crippen LogP contribution in [0.15, 0.2) is 30.5 Å². The Morgan fingerprint density at radius 3 is 2.56 bits per heavy atom. The molecule has 0 bridgehead atoms. The summed E-state index contributed by atoms with van der Waals surface area (Å²) in [5, 5.41) is 6.88. The van der Waals surface area contributed by atoms with Gasteiger partial charge in [-0.3, -0.25) is 0 Å². The highest BCUT2D eigenvalue weighted by Gasteiger charge is 2.15. The molecule has 134 valence electrons. The van der Waals surface area contributed by atoms with Crippen LogP contribution in [-0.2, 0) is 0 Å². The summed E-state index contributed by atoms with van der Waals surface area (Å²) in [6, 6.07) is 8.99. The van der Waals surface area contributed by atoms with Gasteiger partial charge in [-0.05, 0) is 63.4 Å². The lowest BCUT2D eigenvalue weighted by molar-refractivity contribution is 0.750. The molecule has 0 unspecified atom stereocenters. The number of benzene rings is 1. The van der Waals surface area contributed by atoms with E-state index in [2.05, 4.69) is 64.5 Å². The van der Waals surface area contributed by atoms with Gasteiger partial charge in [-0.25, -0.2) is 4.98 Å². The molecular formula is C20H29N5. The number of nitrogens with zero attached hydrogens (tertiary/aromatic N) is 3. The number of aryl methyl sites for hydroxylation is 1. The summed E-state index contributed by atoms with van der Waals surface area (Å²) in [5.41, 5.74) is 3.50. The lowest BCUT2D eigenvalue weighted by Gasteiger charge is -2.22. The van der Waals surface area contributed by atoms with Gasteiger partial charge in [0.25, 0.3) is 0 Å². The predicted molar refractivity (Wildman–Crippen MR) is 106 cm³/mol. The molecule has 1 saturated carbocycles. The lowest BCUT2D eigenvalue weighted by atomic mass is 10.1. The van der Waals surface area contributed by atoms with Gasteiger partial charge in [0.2, 0.25) is 5.95 Å². The van der Waals surface area contributed by atoms with Crippen LogP contribution in [0, 0.1) is 6.92 Å². The fourth-order valence-corrected chi connectivity index (χ4v) is 3.47. The Kier molecular flexibility index (Phi) is 5.74. The van der Waals surface area contributed by atoms with Crippen LogP contribution in [-0.4, -0.2) is 29.1 Å². The maximum absolute atomic E-state index is 4.62. The van der Waals surface area contributed by atoms with Crippen LogP contribution in [0.1, 0.15) is 45.1 Å². The van der Waals surface area contributed by atoms with E-state index >= 15 is 0 Å². The smallest absolute Gasteiger partial charge is 0.229 e. The highest BCUT2D eigenvalue weighted by atomic mass is 15.1. The van der Waals surface area contributed by atoms with E-state index in [1.165, 1.54) is 36.9 Å². The van der Waals surface area contributed by atoms with Crippen molar-refractivity contribution in [3.05, 3.63) is 36.0 Å². The van der Waals surface area contributed by atoms with Crippen molar-refractivity contribution < 1.29 is 0 Å². The summed E-state index contributed by atoms with van der Waals surface area (Å²) in [6.07, 6.45) is 6.90. The zero-order chi connectivity index (χ0) is 17.6. The predicted octanol–water partition coefficient (Wildman–Crippen LogP) is 4.73. The summed E-state index contributed by atoms with van der Waals surface area (Å²) in [7, 11) is 0. The normalized spacial score (nSPS) is 14.5. The quantitative estimate of drug-likeness (QED) is 0.764. The van der Waals surface area contributed by atoms with E-state index in [0.29, 0.717) is 12.0 Å². The highest BCUT2D eigenvalue weighted by Crippen LogP contribution is 2.25. The van der Waals surface area contributed by atoms with E-state index in [1.54, 1.807) is 0 Å². The third-order valence-electron chi connectivity index (χ3n) is 4.95.